The van der Waals surface area contributed by atoms with Gasteiger partial charge in [0.25, 0.3) is 5.56 Å². The maximum absolute atomic E-state index is 13.0. The van der Waals surface area contributed by atoms with Gasteiger partial charge >= 0.3 is 0 Å². The van der Waals surface area contributed by atoms with Crippen molar-refractivity contribution in [1.82, 2.24) is 14.5 Å². The SMILES string of the molecule is CC(=O)[O-].[NH3+]CCCn1cc(-c2nc3cc(Cl)c(Cl)cc3[nH]c2=O)c2cc(OCc3ccccc3)ccc21. The smallest absolute Gasteiger partial charge is 0.275 e. The van der Waals surface area contributed by atoms with E-state index in [9.17, 15) is 4.79 Å². The summed E-state index contributed by atoms with van der Waals surface area (Å²) in [6, 6.07) is 19.2. The highest BCUT2D eigenvalue weighted by Gasteiger charge is 2.17. The number of quaternary nitrogens is 1. The van der Waals surface area contributed by atoms with E-state index in [0.29, 0.717) is 33.4 Å². The predicted molar refractivity (Wildman–Crippen MR) is 147 cm³/mol. The molecule has 2 aromatic heterocycles. The predicted octanol–water partition coefficient (Wildman–Crippen LogP) is 3.82. The van der Waals surface area contributed by atoms with Gasteiger partial charge in [0.1, 0.15) is 18.1 Å². The number of aromatic nitrogens is 3. The average Bonchev–Trinajstić information content (AvgIpc) is 3.25. The van der Waals surface area contributed by atoms with E-state index in [4.69, 9.17) is 37.8 Å². The molecular weight excluding hydrogens is 527 g/mol. The lowest BCUT2D eigenvalue weighted by atomic mass is 10.1. The Morgan fingerprint density at radius 1 is 1.11 bits per heavy atom. The fourth-order valence-electron chi connectivity index (χ4n) is 4.03. The highest BCUT2D eigenvalue weighted by atomic mass is 35.5. The van der Waals surface area contributed by atoms with Crippen LogP contribution in [0.5, 0.6) is 5.75 Å². The van der Waals surface area contributed by atoms with E-state index in [0.717, 1.165) is 54.2 Å². The largest absolute Gasteiger partial charge is 0.550 e. The van der Waals surface area contributed by atoms with Gasteiger partial charge in [-0.25, -0.2) is 4.98 Å². The number of aromatic amines is 1. The average molecular weight is 553 g/mol. The lowest BCUT2D eigenvalue weighted by Crippen LogP contribution is -2.50. The fraction of sp³-hybridized carbons (Fsp3) is 0.179. The van der Waals surface area contributed by atoms with Gasteiger partial charge < -0.3 is 29.9 Å². The molecule has 0 aliphatic carbocycles. The van der Waals surface area contributed by atoms with Gasteiger partial charge in [-0.05, 0) is 42.8 Å². The highest BCUT2D eigenvalue weighted by molar-refractivity contribution is 6.42. The molecule has 2 heterocycles. The Balaban J connectivity index is 0.000000786. The molecule has 0 atom stereocenters. The first-order valence-electron chi connectivity index (χ1n) is 11.9. The number of carbonyl (C=O) groups is 1. The molecule has 0 unspecified atom stereocenters. The lowest BCUT2D eigenvalue weighted by molar-refractivity contribution is -0.368. The Labute approximate surface area is 228 Å². The van der Waals surface area contributed by atoms with Crippen molar-refractivity contribution in [3.05, 3.63) is 92.8 Å². The topological polar surface area (TPSA) is 128 Å². The van der Waals surface area contributed by atoms with Gasteiger partial charge in [-0.2, -0.15) is 0 Å². The number of carbonyl (C=O) groups excluding carboxylic acids is 1. The summed E-state index contributed by atoms with van der Waals surface area (Å²) in [7, 11) is 0. The molecular formula is C28H26Cl2N4O4. The Hall–Kier alpha value is -3.85. The molecule has 0 amide bonds. The number of carboxylic acids is 1. The quantitative estimate of drug-likeness (QED) is 0.317. The number of hydrogen-bond acceptors (Lipinski definition) is 5. The molecule has 196 valence electrons. The number of H-pyrrole nitrogens is 1. The van der Waals surface area contributed by atoms with Crippen LogP contribution in [0.2, 0.25) is 10.0 Å². The summed E-state index contributed by atoms with van der Waals surface area (Å²) in [4.78, 5) is 29.5. The van der Waals surface area contributed by atoms with E-state index in [1.807, 2.05) is 54.7 Å². The van der Waals surface area contributed by atoms with Crippen LogP contribution in [-0.4, -0.2) is 27.0 Å². The maximum Gasteiger partial charge on any atom is 0.275 e. The number of fused-ring (bicyclic) bond motifs is 2. The van der Waals surface area contributed by atoms with Crippen molar-refractivity contribution in [2.75, 3.05) is 6.54 Å². The lowest BCUT2D eigenvalue weighted by Gasteiger charge is -2.08. The van der Waals surface area contributed by atoms with Crippen LogP contribution in [0, 0.1) is 0 Å². The number of aliphatic carboxylic acids is 1. The van der Waals surface area contributed by atoms with E-state index in [-0.39, 0.29) is 5.56 Å². The van der Waals surface area contributed by atoms with Crippen LogP contribution in [0.4, 0.5) is 0 Å². The zero-order valence-corrected chi connectivity index (χ0v) is 22.2. The van der Waals surface area contributed by atoms with Crippen molar-refractivity contribution in [2.45, 2.75) is 26.5 Å². The molecule has 0 aliphatic heterocycles. The number of aryl methyl sites for hydroxylation is 1. The van der Waals surface area contributed by atoms with Crippen LogP contribution in [0.25, 0.3) is 33.2 Å². The second-order valence-corrected chi connectivity index (χ2v) is 9.40. The van der Waals surface area contributed by atoms with Crippen molar-refractivity contribution in [1.29, 1.82) is 0 Å². The summed E-state index contributed by atoms with van der Waals surface area (Å²) in [5.41, 5.74) is 7.91. The number of nitrogens with one attached hydrogen (secondary N) is 1. The monoisotopic (exact) mass is 552 g/mol. The van der Waals surface area contributed by atoms with Gasteiger partial charge in [-0.15, -0.1) is 0 Å². The van der Waals surface area contributed by atoms with Crippen molar-refractivity contribution in [3.63, 3.8) is 0 Å². The maximum atomic E-state index is 13.0. The molecule has 0 fully saturated rings. The minimum Gasteiger partial charge on any atom is -0.550 e. The molecule has 38 heavy (non-hydrogen) atoms. The van der Waals surface area contributed by atoms with Crippen LogP contribution >= 0.6 is 23.2 Å². The number of carboxylic acid groups (broad SMARTS) is 1. The van der Waals surface area contributed by atoms with Crippen LogP contribution in [-0.2, 0) is 17.9 Å². The van der Waals surface area contributed by atoms with Gasteiger partial charge in [-0.3, -0.25) is 4.79 Å². The summed E-state index contributed by atoms with van der Waals surface area (Å²) in [6.07, 6.45) is 2.90. The Bertz CT molecular complexity index is 1640. The zero-order chi connectivity index (χ0) is 27.2. The third-order valence-electron chi connectivity index (χ3n) is 5.74. The van der Waals surface area contributed by atoms with E-state index < -0.39 is 5.97 Å². The van der Waals surface area contributed by atoms with E-state index in [1.165, 1.54) is 0 Å². The molecule has 0 radical (unpaired) electrons. The molecule has 0 aliphatic rings. The minimum absolute atomic E-state index is 0.294. The third kappa shape index (κ3) is 6.34. The summed E-state index contributed by atoms with van der Waals surface area (Å²) < 4.78 is 8.19. The number of hydrogen-bond donors (Lipinski definition) is 2. The molecule has 10 heteroatoms. The summed E-state index contributed by atoms with van der Waals surface area (Å²) in [6.45, 7) is 3.04. The molecule has 5 rings (SSSR count). The normalized spacial score (nSPS) is 10.8. The Kier molecular flexibility index (Phi) is 8.68. The van der Waals surface area contributed by atoms with Gasteiger partial charge in [0.05, 0.1) is 27.6 Å². The first kappa shape index (κ1) is 27.2. The molecule has 8 nitrogen and oxygen atoms in total. The number of nitrogens with zero attached hydrogens (tertiary/aromatic N) is 2. The Morgan fingerprint density at radius 2 is 1.82 bits per heavy atom. The van der Waals surface area contributed by atoms with Crippen LogP contribution in [0.15, 0.2) is 71.7 Å². The summed E-state index contributed by atoms with van der Waals surface area (Å²) in [5, 5.41) is 10.5. The fourth-order valence-corrected chi connectivity index (χ4v) is 4.35. The van der Waals surface area contributed by atoms with Crippen LogP contribution < -0.4 is 21.1 Å². The van der Waals surface area contributed by atoms with E-state index >= 15 is 0 Å². The van der Waals surface area contributed by atoms with Crippen LogP contribution in [0.3, 0.4) is 0 Å². The summed E-state index contributed by atoms with van der Waals surface area (Å²) >= 11 is 12.3. The zero-order valence-electron chi connectivity index (χ0n) is 20.7. The molecule has 0 spiro atoms. The Morgan fingerprint density at radius 3 is 2.53 bits per heavy atom. The van der Waals surface area contributed by atoms with Crippen molar-refractivity contribution >= 4 is 51.1 Å². The number of benzene rings is 3. The first-order valence-corrected chi connectivity index (χ1v) is 12.7. The number of rotatable bonds is 7. The molecule has 0 saturated carbocycles. The van der Waals surface area contributed by atoms with Crippen molar-refractivity contribution in [3.8, 4) is 17.0 Å². The van der Waals surface area contributed by atoms with Crippen molar-refractivity contribution in [2.24, 2.45) is 0 Å². The number of halogens is 2. The van der Waals surface area contributed by atoms with E-state index in [2.05, 4.69) is 20.3 Å². The molecule has 4 N–H and O–H groups in total. The van der Waals surface area contributed by atoms with Gasteiger partial charge in [0.2, 0.25) is 0 Å². The molecule has 0 saturated heterocycles. The second kappa shape index (κ2) is 12.1. The first-order chi connectivity index (χ1) is 18.3. The highest BCUT2D eigenvalue weighted by Crippen LogP contribution is 2.33. The summed E-state index contributed by atoms with van der Waals surface area (Å²) in [5.74, 6) is -0.362. The van der Waals surface area contributed by atoms with Gasteiger partial charge in [0.15, 0.2) is 0 Å². The van der Waals surface area contributed by atoms with E-state index in [1.54, 1.807) is 12.1 Å². The van der Waals surface area contributed by atoms with Crippen LogP contribution in [0.1, 0.15) is 18.9 Å². The molecule has 5 aromatic rings. The molecule has 0 bridgehead atoms. The number of ether oxygens (including phenoxy) is 1. The minimum atomic E-state index is -1.08. The van der Waals surface area contributed by atoms with Crippen molar-refractivity contribution < 1.29 is 20.4 Å². The van der Waals surface area contributed by atoms with Gasteiger partial charge in [0, 0.05) is 41.6 Å². The second-order valence-electron chi connectivity index (χ2n) is 8.59. The molecule has 3 aromatic carbocycles. The van der Waals surface area contributed by atoms with Gasteiger partial charge in [-0.1, -0.05) is 53.5 Å². The third-order valence-corrected chi connectivity index (χ3v) is 6.46. The standard InChI is InChI=1S/C26H22Cl2N4O2.C2H4O2/c27-20-12-22-23(13-21(20)28)31-26(33)25(30-22)19-14-32(10-4-9-29)24-8-7-17(11-18(19)24)34-15-16-5-2-1-3-6-16;1-2(3)4/h1-3,5-8,11-14H,4,9-10,15,29H2,(H,31,33);1H3,(H,3,4).